The smallest absolute Gasteiger partial charge is 0.252 e. The second kappa shape index (κ2) is 9.70. The largest absolute Gasteiger partial charge is 0.356 e. The molecule has 1 aromatic heterocycles. The van der Waals surface area contributed by atoms with Gasteiger partial charge in [-0.2, -0.15) is 0 Å². The van der Waals surface area contributed by atoms with Gasteiger partial charge in [-0.1, -0.05) is 30.3 Å². The van der Waals surface area contributed by atoms with Gasteiger partial charge in [-0.15, -0.1) is 11.3 Å². The van der Waals surface area contributed by atoms with Crippen LogP contribution in [0.15, 0.2) is 51.7 Å². The number of guanidine groups is 1. The summed E-state index contributed by atoms with van der Waals surface area (Å²) in [6.45, 7) is 1.35. The maximum atomic E-state index is 12.1. The molecular formula is C18H26N4O2S2. The Morgan fingerprint density at radius 2 is 1.85 bits per heavy atom. The van der Waals surface area contributed by atoms with Gasteiger partial charge in [-0.05, 0) is 30.5 Å². The number of rotatable bonds is 8. The highest BCUT2D eigenvalue weighted by Gasteiger charge is 2.19. The Morgan fingerprint density at radius 1 is 1.12 bits per heavy atom. The molecule has 0 saturated heterocycles. The minimum atomic E-state index is -3.37. The van der Waals surface area contributed by atoms with Crippen LogP contribution < -0.4 is 10.6 Å². The Kier molecular flexibility index (Phi) is 7.62. The number of hydrogen-bond donors (Lipinski definition) is 2. The van der Waals surface area contributed by atoms with Crippen molar-refractivity contribution in [3.05, 3.63) is 52.9 Å². The highest BCUT2D eigenvalue weighted by atomic mass is 32.2. The Labute approximate surface area is 160 Å². The molecular weight excluding hydrogens is 368 g/mol. The summed E-state index contributed by atoms with van der Waals surface area (Å²) in [4.78, 5) is 5.15. The molecule has 0 unspecified atom stereocenters. The third kappa shape index (κ3) is 5.82. The molecule has 6 nitrogen and oxygen atoms in total. The summed E-state index contributed by atoms with van der Waals surface area (Å²) >= 11 is 1.27. The molecule has 0 aliphatic heterocycles. The van der Waals surface area contributed by atoms with Crippen LogP contribution in [0, 0.1) is 0 Å². The van der Waals surface area contributed by atoms with E-state index in [0.717, 1.165) is 24.3 Å². The summed E-state index contributed by atoms with van der Waals surface area (Å²) in [5, 5.41) is 6.50. The van der Waals surface area contributed by atoms with Crippen molar-refractivity contribution in [1.82, 2.24) is 14.9 Å². The first-order valence-electron chi connectivity index (χ1n) is 8.43. The van der Waals surface area contributed by atoms with Crippen molar-refractivity contribution in [2.24, 2.45) is 4.99 Å². The summed E-state index contributed by atoms with van der Waals surface area (Å²) < 4.78 is 25.8. The van der Waals surface area contributed by atoms with E-state index in [1.54, 1.807) is 13.1 Å². The average molecular weight is 395 g/mol. The van der Waals surface area contributed by atoms with E-state index in [2.05, 4.69) is 39.9 Å². The maximum absolute atomic E-state index is 12.1. The highest BCUT2D eigenvalue weighted by Crippen LogP contribution is 2.23. The third-order valence-corrected chi connectivity index (χ3v) is 7.17. The predicted octanol–water partition coefficient (Wildman–Crippen LogP) is 2.30. The molecule has 0 saturated carbocycles. The lowest BCUT2D eigenvalue weighted by atomic mass is 10.1. The third-order valence-electron chi connectivity index (χ3n) is 3.80. The predicted molar refractivity (Wildman–Crippen MR) is 108 cm³/mol. The lowest BCUT2D eigenvalue weighted by Gasteiger charge is -2.11. The van der Waals surface area contributed by atoms with E-state index in [9.17, 15) is 8.42 Å². The van der Waals surface area contributed by atoms with E-state index >= 15 is 0 Å². The van der Waals surface area contributed by atoms with Crippen molar-refractivity contribution in [3.63, 3.8) is 0 Å². The van der Waals surface area contributed by atoms with Gasteiger partial charge in [0.05, 0.1) is 6.54 Å². The molecule has 0 amide bonds. The summed E-state index contributed by atoms with van der Waals surface area (Å²) in [6.07, 6.45) is 2.02. The highest BCUT2D eigenvalue weighted by molar-refractivity contribution is 7.91. The molecule has 8 heteroatoms. The van der Waals surface area contributed by atoms with Gasteiger partial charge in [0, 0.05) is 32.6 Å². The van der Waals surface area contributed by atoms with Gasteiger partial charge in [0.25, 0.3) is 10.0 Å². The van der Waals surface area contributed by atoms with Gasteiger partial charge in [-0.3, -0.25) is 4.99 Å². The van der Waals surface area contributed by atoms with Gasteiger partial charge < -0.3 is 10.6 Å². The fourth-order valence-electron chi connectivity index (χ4n) is 2.31. The Morgan fingerprint density at radius 3 is 2.50 bits per heavy atom. The molecule has 0 aliphatic rings. The van der Waals surface area contributed by atoms with Crippen molar-refractivity contribution in [3.8, 4) is 0 Å². The fraction of sp³-hybridized carbons (Fsp3) is 0.389. The van der Waals surface area contributed by atoms with Crippen molar-refractivity contribution in [2.45, 2.75) is 23.6 Å². The monoisotopic (exact) mass is 394 g/mol. The SMILES string of the molecule is CN=C(NCCCc1ccccc1)NCc1ccc(S(=O)(=O)N(C)C)s1. The van der Waals surface area contributed by atoms with Crippen LogP contribution in [0.2, 0.25) is 0 Å². The van der Waals surface area contributed by atoms with Crippen LogP contribution in [0.4, 0.5) is 0 Å². The van der Waals surface area contributed by atoms with Crippen molar-refractivity contribution < 1.29 is 8.42 Å². The van der Waals surface area contributed by atoms with Gasteiger partial charge in [0.15, 0.2) is 5.96 Å². The van der Waals surface area contributed by atoms with Crippen LogP contribution >= 0.6 is 11.3 Å². The second-order valence-corrected chi connectivity index (χ2v) is 9.50. The molecule has 0 fully saturated rings. The first kappa shape index (κ1) is 20.4. The van der Waals surface area contributed by atoms with E-state index in [1.807, 2.05) is 12.1 Å². The topological polar surface area (TPSA) is 73.8 Å². The minimum absolute atomic E-state index is 0.352. The first-order valence-corrected chi connectivity index (χ1v) is 10.7. The molecule has 2 rings (SSSR count). The summed E-state index contributed by atoms with van der Waals surface area (Å²) in [5.41, 5.74) is 1.32. The number of hydrogen-bond acceptors (Lipinski definition) is 4. The normalized spacial score (nSPS) is 12.4. The lowest BCUT2D eigenvalue weighted by molar-refractivity contribution is 0.523. The van der Waals surface area contributed by atoms with Crippen molar-refractivity contribution in [2.75, 3.05) is 27.7 Å². The van der Waals surface area contributed by atoms with E-state index in [-0.39, 0.29) is 0 Å². The van der Waals surface area contributed by atoms with E-state index in [0.29, 0.717) is 16.7 Å². The number of nitrogens with one attached hydrogen (secondary N) is 2. The molecule has 2 aromatic rings. The number of sulfonamides is 1. The maximum Gasteiger partial charge on any atom is 0.252 e. The van der Waals surface area contributed by atoms with Gasteiger partial charge >= 0.3 is 0 Å². The zero-order chi connectivity index (χ0) is 19.0. The van der Waals surface area contributed by atoms with Crippen molar-refractivity contribution >= 4 is 27.3 Å². The Bertz CT molecular complexity index is 815. The Hall–Kier alpha value is -1.90. The number of nitrogens with zero attached hydrogens (tertiary/aromatic N) is 2. The second-order valence-electron chi connectivity index (χ2n) is 5.95. The molecule has 26 heavy (non-hydrogen) atoms. The van der Waals surface area contributed by atoms with Gasteiger partial charge in [0.1, 0.15) is 4.21 Å². The molecule has 142 valence electrons. The minimum Gasteiger partial charge on any atom is -0.356 e. The molecule has 2 N–H and O–H groups in total. The molecule has 0 spiro atoms. The van der Waals surface area contributed by atoms with Crippen LogP contribution in [-0.4, -0.2) is 46.4 Å². The van der Waals surface area contributed by atoms with Crippen LogP contribution in [-0.2, 0) is 23.0 Å². The van der Waals surface area contributed by atoms with Crippen molar-refractivity contribution in [1.29, 1.82) is 0 Å². The molecule has 0 atom stereocenters. The molecule has 1 aromatic carbocycles. The summed E-state index contributed by atoms with van der Waals surface area (Å²) in [7, 11) is 1.43. The lowest BCUT2D eigenvalue weighted by Crippen LogP contribution is -2.37. The number of thiophene rings is 1. The Balaban J connectivity index is 1.78. The standard InChI is InChI=1S/C18H26N4O2S2/c1-19-18(20-13-7-10-15-8-5-4-6-9-15)21-14-16-11-12-17(25-16)26(23,24)22(2)3/h4-6,8-9,11-12H,7,10,13-14H2,1-3H3,(H2,19,20,21). The number of aliphatic imine (C=N–C) groups is 1. The summed E-state index contributed by atoms with van der Waals surface area (Å²) in [5.74, 6) is 0.712. The zero-order valence-electron chi connectivity index (χ0n) is 15.4. The molecule has 1 heterocycles. The number of benzene rings is 1. The van der Waals surface area contributed by atoms with Gasteiger partial charge in [-0.25, -0.2) is 12.7 Å². The van der Waals surface area contributed by atoms with E-state index < -0.39 is 10.0 Å². The molecule has 0 bridgehead atoms. The van der Waals surface area contributed by atoms with Crippen LogP contribution in [0.3, 0.4) is 0 Å². The quantitative estimate of drug-likeness (QED) is 0.409. The first-order chi connectivity index (χ1) is 12.4. The summed E-state index contributed by atoms with van der Waals surface area (Å²) in [6, 6.07) is 13.9. The molecule has 0 aliphatic carbocycles. The van der Waals surface area contributed by atoms with Gasteiger partial charge in [0.2, 0.25) is 0 Å². The van der Waals surface area contributed by atoms with Crippen LogP contribution in [0.5, 0.6) is 0 Å². The zero-order valence-corrected chi connectivity index (χ0v) is 17.0. The molecule has 0 radical (unpaired) electrons. The van der Waals surface area contributed by atoms with Crippen LogP contribution in [0.25, 0.3) is 0 Å². The average Bonchev–Trinajstić information content (AvgIpc) is 3.11. The number of aryl methyl sites for hydroxylation is 1. The fourth-order valence-corrected chi connectivity index (χ4v) is 4.77. The van der Waals surface area contributed by atoms with Crippen LogP contribution in [0.1, 0.15) is 16.9 Å². The van der Waals surface area contributed by atoms with E-state index in [4.69, 9.17) is 0 Å². The van der Waals surface area contributed by atoms with E-state index in [1.165, 1.54) is 35.3 Å².